The summed E-state index contributed by atoms with van der Waals surface area (Å²) >= 11 is 0. The number of nitrogens with zero attached hydrogens (tertiary/aromatic N) is 3. The minimum Gasteiger partial charge on any atom is -0.326 e. The quantitative estimate of drug-likeness (QED) is 0.787. The summed E-state index contributed by atoms with van der Waals surface area (Å²) in [7, 11) is 0. The molecule has 8 heteroatoms. The first-order chi connectivity index (χ1) is 13.1. The Morgan fingerprint density at radius 1 is 1.26 bits per heavy atom. The molecule has 0 unspecified atom stereocenters. The average molecular weight is 367 g/mol. The Morgan fingerprint density at radius 2 is 2.07 bits per heavy atom. The maximum absolute atomic E-state index is 12.6. The van der Waals surface area contributed by atoms with Crippen molar-refractivity contribution < 1.29 is 14.4 Å². The van der Waals surface area contributed by atoms with Crippen molar-refractivity contribution in [2.45, 2.75) is 38.5 Å². The summed E-state index contributed by atoms with van der Waals surface area (Å²) in [4.78, 5) is 42.6. The van der Waals surface area contributed by atoms with Gasteiger partial charge < -0.3 is 5.32 Å². The van der Waals surface area contributed by atoms with Crippen molar-refractivity contribution in [3.05, 3.63) is 30.6 Å². The topological polar surface area (TPSA) is 108 Å². The third-order valence-electron chi connectivity index (χ3n) is 5.45. The van der Waals surface area contributed by atoms with Crippen LogP contribution >= 0.6 is 0 Å². The third kappa shape index (κ3) is 3.34. The summed E-state index contributed by atoms with van der Waals surface area (Å²) in [6.45, 7) is 0.132. The van der Waals surface area contributed by atoms with Crippen molar-refractivity contribution in [2.24, 2.45) is 5.41 Å². The molecule has 2 heterocycles. The van der Waals surface area contributed by atoms with Crippen LogP contribution in [0, 0.1) is 5.41 Å². The highest BCUT2D eigenvalue weighted by molar-refractivity contribution is 6.06. The second kappa shape index (κ2) is 6.94. The molecule has 1 aliphatic carbocycles. The Bertz CT molecular complexity index is 871. The molecule has 1 aliphatic heterocycles. The van der Waals surface area contributed by atoms with Gasteiger partial charge in [0.2, 0.25) is 17.7 Å². The van der Waals surface area contributed by atoms with E-state index in [1.165, 1.54) is 11.2 Å². The molecule has 2 aliphatic rings. The maximum Gasteiger partial charge on any atom is 0.235 e. The van der Waals surface area contributed by atoms with Gasteiger partial charge in [-0.25, -0.2) is 4.98 Å². The van der Waals surface area contributed by atoms with Gasteiger partial charge in [-0.2, -0.15) is 5.10 Å². The van der Waals surface area contributed by atoms with Gasteiger partial charge in [0.15, 0.2) is 5.82 Å². The van der Waals surface area contributed by atoms with Crippen LogP contribution in [0.3, 0.4) is 0 Å². The zero-order valence-corrected chi connectivity index (χ0v) is 14.9. The minimum atomic E-state index is -0.487. The molecule has 2 fully saturated rings. The standard InChI is InChI=1S/C19H21N5O3/c25-15(22-14-5-3-4-13(10-14)17-20-12-21-23-17)6-9-24-16(26)11-19(18(24)27)7-1-2-8-19/h3-5,10,12H,1-2,6-9,11H2,(H,22,25)(H,20,21,23). The molecule has 8 nitrogen and oxygen atoms in total. The van der Waals surface area contributed by atoms with Gasteiger partial charge >= 0.3 is 0 Å². The highest BCUT2D eigenvalue weighted by atomic mass is 16.2. The van der Waals surface area contributed by atoms with Crippen molar-refractivity contribution >= 4 is 23.4 Å². The van der Waals surface area contributed by atoms with E-state index in [-0.39, 0.29) is 30.7 Å². The van der Waals surface area contributed by atoms with E-state index < -0.39 is 5.41 Å². The minimum absolute atomic E-state index is 0.0834. The number of hydrogen-bond acceptors (Lipinski definition) is 5. The van der Waals surface area contributed by atoms with E-state index in [1.54, 1.807) is 12.1 Å². The van der Waals surface area contributed by atoms with Gasteiger partial charge in [-0.1, -0.05) is 25.0 Å². The molecular weight excluding hydrogens is 346 g/mol. The molecule has 1 aromatic heterocycles. The number of aromatic nitrogens is 3. The third-order valence-corrected chi connectivity index (χ3v) is 5.45. The molecule has 3 amide bonds. The van der Waals surface area contributed by atoms with Gasteiger partial charge in [0.1, 0.15) is 6.33 Å². The van der Waals surface area contributed by atoms with Crippen molar-refractivity contribution in [3.8, 4) is 11.4 Å². The molecule has 0 radical (unpaired) electrons. The van der Waals surface area contributed by atoms with Crippen LogP contribution in [0.15, 0.2) is 30.6 Å². The number of rotatable bonds is 5. The number of hydrogen-bond donors (Lipinski definition) is 2. The van der Waals surface area contributed by atoms with Crippen LogP contribution in [-0.4, -0.2) is 44.3 Å². The molecule has 1 spiro atoms. The first-order valence-electron chi connectivity index (χ1n) is 9.18. The Morgan fingerprint density at radius 3 is 2.81 bits per heavy atom. The van der Waals surface area contributed by atoms with Gasteiger partial charge in [-0.05, 0) is 25.0 Å². The summed E-state index contributed by atoms with van der Waals surface area (Å²) in [6, 6.07) is 7.24. The Kier molecular flexibility index (Phi) is 4.47. The molecule has 1 saturated heterocycles. The van der Waals surface area contributed by atoms with Crippen molar-refractivity contribution in [1.29, 1.82) is 0 Å². The van der Waals surface area contributed by atoms with Gasteiger partial charge in [0, 0.05) is 30.6 Å². The lowest BCUT2D eigenvalue weighted by atomic mass is 9.84. The fourth-order valence-corrected chi connectivity index (χ4v) is 4.05. The number of benzene rings is 1. The normalized spacial score (nSPS) is 18.4. The number of anilines is 1. The fourth-order valence-electron chi connectivity index (χ4n) is 4.05. The van der Waals surface area contributed by atoms with Crippen molar-refractivity contribution in [3.63, 3.8) is 0 Å². The number of carbonyl (C=O) groups excluding carboxylic acids is 3. The van der Waals surface area contributed by atoms with Crippen LogP contribution in [0.25, 0.3) is 11.4 Å². The Hall–Kier alpha value is -3.03. The molecule has 4 rings (SSSR count). The summed E-state index contributed by atoms with van der Waals surface area (Å²) in [5.41, 5.74) is 0.942. The molecular formula is C19H21N5O3. The zero-order valence-electron chi connectivity index (χ0n) is 14.9. The summed E-state index contributed by atoms with van der Waals surface area (Å²) in [6.07, 6.45) is 5.36. The molecule has 27 heavy (non-hydrogen) atoms. The molecule has 1 saturated carbocycles. The number of H-pyrrole nitrogens is 1. The number of carbonyl (C=O) groups is 3. The number of likely N-dealkylation sites (tertiary alicyclic amines) is 1. The lowest BCUT2D eigenvalue weighted by molar-refractivity contribution is -0.141. The monoisotopic (exact) mass is 367 g/mol. The van der Waals surface area contributed by atoms with Gasteiger partial charge in [0.05, 0.1) is 5.41 Å². The number of amides is 3. The summed E-state index contributed by atoms with van der Waals surface area (Å²) < 4.78 is 0. The van der Waals surface area contributed by atoms with Gasteiger partial charge in [-0.15, -0.1) is 0 Å². The van der Waals surface area contributed by atoms with Gasteiger partial charge in [0.25, 0.3) is 0 Å². The zero-order chi connectivity index (χ0) is 18.9. The van der Waals surface area contributed by atoms with Crippen molar-refractivity contribution in [2.75, 3.05) is 11.9 Å². The van der Waals surface area contributed by atoms with Crippen LogP contribution in [0.2, 0.25) is 0 Å². The Balaban J connectivity index is 1.36. The maximum atomic E-state index is 12.6. The predicted octanol–water partition coefficient (Wildman–Crippen LogP) is 2.12. The first-order valence-corrected chi connectivity index (χ1v) is 9.18. The first kappa shape index (κ1) is 17.4. The highest BCUT2D eigenvalue weighted by Crippen LogP contribution is 2.46. The number of aromatic amines is 1. The highest BCUT2D eigenvalue weighted by Gasteiger charge is 2.52. The van der Waals surface area contributed by atoms with E-state index in [4.69, 9.17) is 0 Å². The van der Waals surface area contributed by atoms with E-state index >= 15 is 0 Å². The molecule has 1 aromatic carbocycles. The van der Waals surface area contributed by atoms with Gasteiger partial charge in [-0.3, -0.25) is 24.4 Å². The number of imide groups is 1. The van der Waals surface area contributed by atoms with Crippen LogP contribution in [0.4, 0.5) is 5.69 Å². The molecule has 2 aromatic rings. The van der Waals surface area contributed by atoms with E-state index in [1.807, 2.05) is 12.1 Å². The summed E-state index contributed by atoms with van der Waals surface area (Å²) in [5.74, 6) is 0.131. The second-order valence-corrected chi connectivity index (χ2v) is 7.23. The lowest BCUT2D eigenvalue weighted by Crippen LogP contribution is -2.36. The van der Waals surface area contributed by atoms with Crippen LogP contribution in [-0.2, 0) is 14.4 Å². The molecule has 0 bridgehead atoms. The largest absolute Gasteiger partial charge is 0.326 e. The van der Waals surface area contributed by atoms with E-state index in [9.17, 15) is 14.4 Å². The average Bonchev–Trinajstić information content (AvgIpc) is 3.38. The molecule has 0 atom stereocenters. The van der Waals surface area contributed by atoms with E-state index in [0.29, 0.717) is 17.9 Å². The second-order valence-electron chi connectivity index (χ2n) is 7.23. The van der Waals surface area contributed by atoms with Crippen LogP contribution in [0.5, 0.6) is 0 Å². The fraction of sp³-hybridized carbons (Fsp3) is 0.421. The SMILES string of the molecule is O=C(CCN1C(=O)CC2(CCCC2)C1=O)Nc1cccc(-c2ncn[nH]2)c1. The van der Waals surface area contributed by atoms with E-state index in [2.05, 4.69) is 20.5 Å². The summed E-state index contributed by atoms with van der Waals surface area (Å²) in [5, 5.41) is 9.40. The molecule has 140 valence electrons. The lowest BCUT2D eigenvalue weighted by Gasteiger charge is -2.20. The Labute approximate surface area is 156 Å². The van der Waals surface area contributed by atoms with E-state index in [0.717, 1.165) is 31.2 Å². The predicted molar refractivity (Wildman–Crippen MR) is 97.3 cm³/mol. The smallest absolute Gasteiger partial charge is 0.235 e. The van der Waals surface area contributed by atoms with Crippen LogP contribution < -0.4 is 5.32 Å². The van der Waals surface area contributed by atoms with Crippen LogP contribution in [0.1, 0.15) is 38.5 Å². The van der Waals surface area contributed by atoms with Crippen molar-refractivity contribution in [1.82, 2.24) is 20.1 Å². The number of nitrogens with one attached hydrogen (secondary N) is 2. The molecule has 2 N–H and O–H groups in total.